The van der Waals surface area contributed by atoms with E-state index in [9.17, 15) is 9.59 Å². The van der Waals surface area contributed by atoms with E-state index in [4.69, 9.17) is 4.74 Å². The molecule has 1 aliphatic heterocycles. The number of urea groups is 1. The molecular formula is C24H31N3O3. The van der Waals surface area contributed by atoms with E-state index in [2.05, 4.69) is 26.1 Å². The second-order valence-electron chi connectivity index (χ2n) is 8.58. The number of para-hydroxylation sites is 1. The summed E-state index contributed by atoms with van der Waals surface area (Å²) in [5.74, 6) is 0.623. The minimum absolute atomic E-state index is 0.0103. The molecule has 0 saturated carbocycles. The average molecular weight is 410 g/mol. The molecule has 0 radical (unpaired) electrons. The first kappa shape index (κ1) is 21.7. The number of carbonyl (C=O) groups is 2. The highest BCUT2D eigenvalue weighted by Gasteiger charge is 2.22. The summed E-state index contributed by atoms with van der Waals surface area (Å²) in [5.41, 5.74) is 2.08. The fourth-order valence-corrected chi connectivity index (χ4v) is 3.38. The van der Waals surface area contributed by atoms with E-state index in [-0.39, 0.29) is 24.0 Å². The van der Waals surface area contributed by atoms with Gasteiger partial charge in [-0.25, -0.2) is 4.79 Å². The molecule has 2 aromatic carbocycles. The summed E-state index contributed by atoms with van der Waals surface area (Å²) in [6.45, 7) is 8.75. The SMILES string of the molecule is CC(C)(C)c1ccc(NC(=O)N2CCCN(C(=O)COc3ccccc3)CC2)cc1. The Bertz CT molecular complexity index is 844. The van der Waals surface area contributed by atoms with Crippen LogP contribution in [0.15, 0.2) is 54.6 Å². The summed E-state index contributed by atoms with van der Waals surface area (Å²) >= 11 is 0. The molecule has 0 aliphatic carbocycles. The molecule has 1 aliphatic rings. The van der Waals surface area contributed by atoms with E-state index in [1.807, 2.05) is 54.6 Å². The third-order valence-electron chi connectivity index (χ3n) is 5.24. The van der Waals surface area contributed by atoms with E-state index in [0.717, 1.165) is 12.1 Å². The predicted molar refractivity (Wildman–Crippen MR) is 119 cm³/mol. The van der Waals surface area contributed by atoms with Crippen LogP contribution in [0.3, 0.4) is 0 Å². The first-order chi connectivity index (χ1) is 14.3. The molecule has 6 heteroatoms. The largest absolute Gasteiger partial charge is 0.484 e. The summed E-state index contributed by atoms with van der Waals surface area (Å²) in [4.78, 5) is 28.7. The van der Waals surface area contributed by atoms with Crippen molar-refractivity contribution in [3.8, 4) is 5.75 Å². The van der Waals surface area contributed by atoms with Crippen LogP contribution in [0, 0.1) is 0 Å². The van der Waals surface area contributed by atoms with Gasteiger partial charge in [-0.1, -0.05) is 51.1 Å². The van der Waals surface area contributed by atoms with Gasteiger partial charge < -0.3 is 19.9 Å². The van der Waals surface area contributed by atoms with Crippen LogP contribution in [0.2, 0.25) is 0 Å². The molecule has 1 fully saturated rings. The molecular weight excluding hydrogens is 378 g/mol. The monoisotopic (exact) mass is 409 g/mol. The van der Waals surface area contributed by atoms with Crippen LogP contribution in [0.25, 0.3) is 0 Å². The van der Waals surface area contributed by atoms with Gasteiger partial charge in [0.25, 0.3) is 5.91 Å². The van der Waals surface area contributed by atoms with Gasteiger partial charge in [0.15, 0.2) is 6.61 Å². The van der Waals surface area contributed by atoms with Gasteiger partial charge in [0, 0.05) is 31.9 Å². The first-order valence-corrected chi connectivity index (χ1v) is 10.4. The van der Waals surface area contributed by atoms with Crippen LogP contribution in [0.1, 0.15) is 32.8 Å². The normalized spacial score (nSPS) is 14.8. The maximum Gasteiger partial charge on any atom is 0.321 e. The lowest BCUT2D eigenvalue weighted by Gasteiger charge is -2.23. The third kappa shape index (κ3) is 5.99. The van der Waals surface area contributed by atoms with Crippen LogP contribution in [0.5, 0.6) is 5.75 Å². The summed E-state index contributed by atoms with van der Waals surface area (Å²) in [6.07, 6.45) is 0.744. The second kappa shape index (κ2) is 9.65. The average Bonchev–Trinajstić information content (AvgIpc) is 2.99. The van der Waals surface area contributed by atoms with E-state index in [1.54, 1.807) is 9.80 Å². The lowest BCUT2D eigenvalue weighted by molar-refractivity contribution is -0.133. The molecule has 6 nitrogen and oxygen atoms in total. The van der Waals surface area contributed by atoms with Gasteiger partial charge in [0.1, 0.15) is 5.75 Å². The molecule has 3 rings (SSSR count). The Balaban J connectivity index is 1.49. The standard InChI is InChI=1S/C24H31N3O3/c1-24(2,3)19-10-12-20(13-11-19)25-23(29)27-15-7-14-26(16-17-27)22(28)18-30-21-8-5-4-6-9-21/h4-6,8-13H,7,14-18H2,1-3H3,(H,25,29). The van der Waals surface area contributed by atoms with E-state index in [0.29, 0.717) is 31.9 Å². The maximum absolute atomic E-state index is 12.7. The van der Waals surface area contributed by atoms with E-state index in [1.165, 1.54) is 5.56 Å². The Labute approximate surface area is 178 Å². The summed E-state index contributed by atoms with van der Waals surface area (Å²) in [5, 5.41) is 2.97. The number of carbonyl (C=O) groups excluding carboxylic acids is 2. The molecule has 1 N–H and O–H groups in total. The molecule has 3 amide bonds. The molecule has 160 valence electrons. The van der Waals surface area contributed by atoms with Crippen molar-refractivity contribution in [1.29, 1.82) is 0 Å². The summed E-state index contributed by atoms with van der Waals surface area (Å²) < 4.78 is 5.56. The van der Waals surface area contributed by atoms with Gasteiger partial charge in [-0.15, -0.1) is 0 Å². The zero-order valence-electron chi connectivity index (χ0n) is 18.1. The maximum atomic E-state index is 12.7. The van der Waals surface area contributed by atoms with Crippen LogP contribution >= 0.6 is 0 Å². The highest BCUT2D eigenvalue weighted by atomic mass is 16.5. The molecule has 30 heavy (non-hydrogen) atoms. The number of hydrogen-bond donors (Lipinski definition) is 1. The Morgan fingerprint density at radius 1 is 0.900 bits per heavy atom. The zero-order valence-corrected chi connectivity index (χ0v) is 18.1. The van der Waals surface area contributed by atoms with E-state index >= 15 is 0 Å². The minimum atomic E-state index is -0.131. The van der Waals surface area contributed by atoms with Crippen LogP contribution in [0.4, 0.5) is 10.5 Å². The third-order valence-corrected chi connectivity index (χ3v) is 5.24. The Hall–Kier alpha value is -3.02. The fourth-order valence-electron chi connectivity index (χ4n) is 3.38. The molecule has 0 atom stereocenters. The number of amides is 3. The van der Waals surface area contributed by atoms with Crippen LogP contribution < -0.4 is 10.1 Å². The predicted octanol–water partition coefficient (Wildman–Crippen LogP) is 4.13. The van der Waals surface area contributed by atoms with Crippen LogP contribution in [-0.4, -0.2) is 54.5 Å². The Morgan fingerprint density at radius 3 is 2.20 bits per heavy atom. The van der Waals surface area contributed by atoms with Crippen molar-refractivity contribution in [2.45, 2.75) is 32.6 Å². The van der Waals surface area contributed by atoms with E-state index < -0.39 is 0 Å². The number of ether oxygens (including phenoxy) is 1. The fraction of sp³-hybridized carbons (Fsp3) is 0.417. The highest BCUT2D eigenvalue weighted by Crippen LogP contribution is 2.23. The van der Waals surface area contributed by atoms with Gasteiger partial charge in [0.2, 0.25) is 0 Å². The molecule has 1 saturated heterocycles. The van der Waals surface area contributed by atoms with Crippen molar-refractivity contribution in [2.75, 3.05) is 38.1 Å². The van der Waals surface area contributed by atoms with Crippen molar-refractivity contribution in [2.24, 2.45) is 0 Å². The molecule has 0 unspecified atom stereocenters. The molecule has 1 heterocycles. The van der Waals surface area contributed by atoms with Gasteiger partial charge in [0.05, 0.1) is 0 Å². The van der Waals surface area contributed by atoms with Gasteiger partial charge in [-0.05, 0) is 41.7 Å². The lowest BCUT2D eigenvalue weighted by Crippen LogP contribution is -2.40. The summed E-state index contributed by atoms with van der Waals surface area (Å²) in [7, 11) is 0. The van der Waals surface area contributed by atoms with Crippen molar-refractivity contribution in [3.63, 3.8) is 0 Å². The molecule has 0 aromatic heterocycles. The Kier molecular flexibility index (Phi) is 6.98. The highest BCUT2D eigenvalue weighted by molar-refractivity contribution is 5.89. The number of anilines is 1. The van der Waals surface area contributed by atoms with Gasteiger partial charge in [-0.2, -0.15) is 0 Å². The number of hydrogen-bond acceptors (Lipinski definition) is 3. The smallest absolute Gasteiger partial charge is 0.321 e. The number of benzene rings is 2. The topological polar surface area (TPSA) is 61.9 Å². The number of nitrogens with one attached hydrogen (secondary N) is 1. The first-order valence-electron chi connectivity index (χ1n) is 10.4. The van der Waals surface area contributed by atoms with Crippen molar-refractivity contribution in [3.05, 3.63) is 60.2 Å². The minimum Gasteiger partial charge on any atom is -0.484 e. The molecule has 2 aromatic rings. The molecule has 0 bridgehead atoms. The van der Waals surface area contributed by atoms with Crippen LogP contribution in [-0.2, 0) is 10.2 Å². The van der Waals surface area contributed by atoms with Gasteiger partial charge >= 0.3 is 6.03 Å². The summed E-state index contributed by atoms with van der Waals surface area (Å²) in [6, 6.07) is 17.1. The lowest BCUT2D eigenvalue weighted by atomic mass is 9.87. The number of rotatable bonds is 4. The van der Waals surface area contributed by atoms with Crippen molar-refractivity contribution in [1.82, 2.24) is 9.80 Å². The Morgan fingerprint density at radius 2 is 1.53 bits per heavy atom. The number of nitrogens with zero attached hydrogens (tertiary/aromatic N) is 2. The quantitative estimate of drug-likeness (QED) is 0.826. The van der Waals surface area contributed by atoms with Crippen molar-refractivity contribution < 1.29 is 14.3 Å². The zero-order chi connectivity index (χ0) is 21.6. The molecule has 0 spiro atoms. The van der Waals surface area contributed by atoms with Crippen molar-refractivity contribution >= 4 is 17.6 Å². The van der Waals surface area contributed by atoms with Gasteiger partial charge in [-0.3, -0.25) is 4.79 Å². The second-order valence-corrected chi connectivity index (χ2v) is 8.58.